The maximum absolute atomic E-state index is 2.54. The normalized spacial score (nSPS) is 16.6. The van der Waals surface area contributed by atoms with Crippen LogP contribution in [-0.2, 0) is 5.41 Å². The van der Waals surface area contributed by atoms with Crippen molar-refractivity contribution in [1.29, 1.82) is 0 Å². The van der Waals surface area contributed by atoms with E-state index in [0.29, 0.717) is 0 Å². The third-order valence-electron chi connectivity index (χ3n) is 12.2. The van der Waals surface area contributed by atoms with Crippen molar-refractivity contribution >= 4 is 56.4 Å². The van der Waals surface area contributed by atoms with Gasteiger partial charge in [-0.1, -0.05) is 182 Å². The highest BCUT2D eigenvalue weighted by atomic mass is 31.1. The van der Waals surface area contributed by atoms with E-state index in [9.17, 15) is 0 Å². The minimum atomic E-state index is -0.823. The number of rotatable bonds is 3. The molecule has 12 rings (SSSR count). The first kappa shape index (κ1) is 30.9. The Kier molecular flexibility index (Phi) is 6.59. The SMILES string of the molecule is c1ccc(P2c3ccccc3C3(c4ccccc4-n4c5ccccc5c5cccc3c54)c3cc(-c4ccc(-c5ccc6ccccc6c5)cc4)ccc32)cc1. The molecule has 3 heterocycles. The van der Waals surface area contributed by atoms with Gasteiger partial charge in [-0.3, -0.25) is 0 Å². The Morgan fingerprint density at radius 1 is 0.364 bits per heavy atom. The summed E-state index contributed by atoms with van der Waals surface area (Å²) >= 11 is 0. The van der Waals surface area contributed by atoms with Gasteiger partial charge < -0.3 is 4.57 Å². The molecule has 2 aliphatic rings. The molecule has 1 spiro atoms. The van der Waals surface area contributed by atoms with Gasteiger partial charge in [0.05, 0.1) is 22.1 Å². The van der Waals surface area contributed by atoms with Gasteiger partial charge in [0.1, 0.15) is 0 Å². The van der Waals surface area contributed by atoms with E-state index < -0.39 is 13.3 Å². The fourth-order valence-corrected chi connectivity index (χ4v) is 12.5. The van der Waals surface area contributed by atoms with Crippen LogP contribution in [0.3, 0.4) is 0 Å². The van der Waals surface area contributed by atoms with Crippen molar-refractivity contribution in [2.24, 2.45) is 0 Å². The highest BCUT2D eigenvalue weighted by Gasteiger charge is 2.51. The van der Waals surface area contributed by atoms with Gasteiger partial charge in [0.15, 0.2) is 0 Å². The number of aromatic nitrogens is 1. The molecule has 0 aliphatic carbocycles. The summed E-state index contributed by atoms with van der Waals surface area (Å²) in [6.07, 6.45) is 0. The maximum atomic E-state index is 2.54. The molecule has 9 aromatic carbocycles. The van der Waals surface area contributed by atoms with E-state index in [-0.39, 0.29) is 0 Å². The third kappa shape index (κ3) is 4.28. The Hall–Kier alpha value is -6.53. The molecule has 10 aromatic rings. The molecule has 2 atom stereocenters. The first-order chi connectivity index (χ1) is 27.3. The van der Waals surface area contributed by atoms with E-state index in [0.717, 1.165) is 0 Å². The number of benzene rings is 9. The van der Waals surface area contributed by atoms with Gasteiger partial charge in [0.2, 0.25) is 0 Å². The second-order valence-corrected chi connectivity index (χ2v) is 17.0. The fraction of sp³-hybridized carbons (Fsp3) is 0.0189. The summed E-state index contributed by atoms with van der Waals surface area (Å²) in [5.41, 5.74) is 13.7. The molecule has 55 heavy (non-hydrogen) atoms. The van der Waals surface area contributed by atoms with E-state index in [1.165, 1.54) is 98.7 Å². The molecule has 0 bridgehead atoms. The molecular weight excluding hydrogens is 682 g/mol. The number of para-hydroxylation sites is 3. The van der Waals surface area contributed by atoms with Gasteiger partial charge in [-0.15, -0.1) is 0 Å². The minimum Gasteiger partial charge on any atom is -0.309 e. The van der Waals surface area contributed by atoms with Crippen LogP contribution in [0.1, 0.15) is 22.3 Å². The van der Waals surface area contributed by atoms with Crippen LogP contribution in [0.5, 0.6) is 0 Å². The lowest BCUT2D eigenvalue weighted by Crippen LogP contribution is -2.47. The summed E-state index contributed by atoms with van der Waals surface area (Å²) in [5.74, 6) is 0. The predicted octanol–water partition coefficient (Wildman–Crippen LogP) is 12.0. The Morgan fingerprint density at radius 2 is 0.964 bits per heavy atom. The summed E-state index contributed by atoms with van der Waals surface area (Å²) in [5, 5.41) is 9.36. The lowest BCUT2D eigenvalue weighted by atomic mass is 9.62. The second-order valence-electron chi connectivity index (χ2n) is 14.9. The molecule has 2 aliphatic heterocycles. The smallest absolute Gasteiger partial charge is 0.0755 e. The summed E-state index contributed by atoms with van der Waals surface area (Å²) in [7, 11) is -0.823. The summed E-state index contributed by atoms with van der Waals surface area (Å²) in [4.78, 5) is 0. The van der Waals surface area contributed by atoms with Crippen molar-refractivity contribution in [1.82, 2.24) is 4.57 Å². The Balaban J connectivity index is 1.15. The average Bonchev–Trinajstić information content (AvgIpc) is 3.60. The van der Waals surface area contributed by atoms with Crippen molar-refractivity contribution in [3.63, 3.8) is 0 Å². The lowest BCUT2D eigenvalue weighted by molar-refractivity contribution is 0.735. The zero-order valence-corrected chi connectivity index (χ0v) is 30.9. The van der Waals surface area contributed by atoms with E-state index in [2.05, 4.69) is 211 Å². The van der Waals surface area contributed by atoms with E-state index in [1.54, 1.807) is 0 Å². The molecule has 0 saturated heterocycles. The molecule has 2 heteroatoms. The average molecular weight is 716 g/mol. The first-order valence-electron chi connectivity index (χ1n) is 19.1. The molecule has 256 valence electrons. The van der Waals surface area contributed by atoms with Gasteiger partial charge in [-0.05, 0) is 103 Å². The van der Waals surface area contributed by atoms with E-state index in [1.807, 2.05) is 0 Å². The first-order valence-corrected chi connectivity index (χ1v) is 20.4. The molecule has 0 saturated carbocycles. The molecule has 2 unspecified atom stereocenters. The molecule has 0 radical (unpaired) electrons. The number of fused-ring (bicyclic) bond motifs is 12. The second kappa shape index (κ2) is 11.7. The lowest BCUT2D eigenvalue weighted by Gasteiger charge is -2.48. The van der Waals surface area contributed by atoms with E-state index in [4.69, 9.17) is 0 Å². The Morgan fingerprint density at radius 3 is 1.82 bits per heavy atom. The Bertz CT molecular complexity index is 3160. The van der Waals surface area contributed by atoms with Crippen LogP contribution >= 0.6 is 7.92 Å². The fourth-order valence-electron chi connectivity index (χ4n) is 9.83. The predicted molar refractivity (Wildman–Crippen MR) is 233 cm³/mol. The molecule has 1 aromatic heterocycles. The number of nitrogens with zero attached hydrogens (tertiary/aromatic N) is 1. The van der Waals surface area contributed by atoms with Gasteiger partial charge in [-0.25, -0.2) is 0 Å². The van der Waals surface area contributed by atoms with Gasteiger partial charge >= 0.3 is 0 Å². The van der Waals surface area contributed by atoms with Gasteiger partial charge in [0.25, 0.3) is 0 Å². The number of hydrogen-bond donors (Lipinski definition) is 0. The minimum absolute atomic E-state index is 0.527. The molecule has 0 amide bonds. The van der Waals surface area contributed by atoms with Crippen molar-refractivity contribution in [3.8, 4) is 27.9 Å². The Labute approximate surface area is 321 Å². The van der Waals surface area contributed by atoms with Crippen LogP contribution in [-0.4, -0.2) is 4.57 Å². The molecule has 1 nitrogen and oxygen atoms in total. The van der Waals surface area contributed by atoms with Crippen LogP contribution < -0.4 is 15.9 Å². The maximum Gasteiger partial charge on any atom is 0.0755 e. The van der Waals surface area contributed by atoms with Crippen molar-refractivity contribution in [3.05, 3.63) is 229 Å². The standard InChI is InChI=1S/C53H34NP/c1-2-15-41(16-3-1)55-50-24-11-8-20-45(50)53(44-19-7-10-23-49(44)54-48-22-9-6-17-42(48)43-18-12-21-46(53)52(43)54)47-34-40(31-32-51(47)55)37-27-25-36(26-28-37)39-30-29-35-13-4-5-14-38(35)33-39/h1-34H. The topological polar surface area (TPSA) is 4.93 Å². The third-order valence-corrected chi connectivity index (χ3v) is 14.7. The highest BCUT2D eigenvalue weighted by Crippen LogP contribution is 2.58. The van der Waals surface area contributed by atoms with Crippen molar-refractivity contribution in [2.75, 3.05) is 0 Å². The summed E-state index contributed by atoms with van der Waals surface area (Å²) in [6, 6.07) is 77.6. The van der Waals surface area contributed by atoms with E-state index >= 15 is 0 Å². The monoisotopic (exact) mass is 715 g/mol. The largest absolute Gasteiger partial charge is 0.309 e. The number of hydrogen-bond acceptors (Lipinski definition) is 0. The van der Waals surface area contributed by atoms with Crippen LogP contribution in [0, 0.1) is 0 Å². The highest BCUT2D eigenvalue weighted by molar-refractivity contribution is 7.80. The van der Waals surface area contributed by atoms with Crippen LogP contribution in [0.25, 0.3) is 60.5 Å². The van der Waals surface area contributed by atoms with Gasteiger partial charge in [0, 0.05) is 10.8 Å². The zero-order chi connectivity index (χ0) is 36.1. The van der Waals surface area contributed by atoms with Gasteiger partial charge in [-0.2, -0.15) is 0 Å². The quantitative estimate of drug-likeness (QED) is 0.161. The summed E-state index contributed by atoms with van der Waals surface area (Å²) in [6.45, 7) is 0. The van der Waals surface area contributed by atoms with Crippen LogP contribution in [0.4, 0.5) is 0 Å². The summed E-state index contributed by atoms with van der Waals surface area (Å²) < 4.78 is 2.53. The zero-order valence-electron chi connectivity index (χ0n) is 30.0. The molecule has 0 N–H and O–H groups in total. The van der Waals surface area contributed by atoms with Crippen molar-refractivity contribution in [2.45, 2.75) is 5.41 Å². The molecular formula is C53H34NP. The van der Waals surface area contributed by atoms with Crippen LogP contribution in [0.2, 0.25) is 0 Å². The van der Waals surface area contributed by atoms with Crippen LogP contribution in [0.15, 0.2) is 206 Å². The van der Waals surface area contributed by atoms with Crippen molar-refractivity contribution < 1.29 is 0 Å². The molecule has 0 fully saturated rings.